The first kappa shape index (κ1) is 14.4. The maximum Gasteiger partial charge on any atom is 0.154 e. The van der Waals surface area contributed by atoms with Crippen molar-refractivity contribution in [2.45, 2.75) is 46.1 Å². The van der Waals surface area contributed by atoms with Crippen LogP contribution in [0.3, 0.4) is 0 Å². The van der Waals surface area contributed by atoms with E-state index in [4.69, 9.17) is 4.74 Å². The molecule has 0 fully saturated rings. The van der Waals surface area contributed by atoms with Gasteiger partial charge >= 0.3 is 0 Å². The third-order valence-corrected chi connectivity index (χ3v) is 3.60. The lowest BCUT2D eigenvalue weighted by Crippen LogP contribution is -2.28. The van der Waals surface area contributed by atoms with Crippen molar-refractivity contribution in [1.29, 1.82) is 0 Å². The summed E-state index contributed by atoms with van der Waals surface area (Å²) >= 11 is 0. The largest absolute Gasteiger partial charge is 0.374 e. The van der Waals surface area contributed by atoms with E-state index in [1.807, 2.05) is 13.1 Å². The number of aryl methyl sites for hydroxylation is 1. The Hall–Kier alpha value is -1.00. The highest BCUT2D eigenvalue weighted by molar-refractivity contribution is 5.21. The van der Waals surface area contributed by atoms with Crippen LogP contribution in [-0.2, 0) is 24.2 Å². The zero-order valence-electron chi connectivity index (χ0n) is 12.1. The van der Waals surface area contributed by atoms with E-state index in [-0.39, 0.29) is 0 Å². The van der Waals surface area contributed by atoms with Gasteiger partial charge in [-0.1, -0.05) is 6.92 Å². The van der Waals surface area contributed by atoms with E-state index >= 15 is 0 Å². The number of rotatable bonds is 7. The highest BCUT2D eigenvalue weighted by Gasteiger charge is 2.20. The molecule has 1 aromatic heterocycles. The number of fused-ring (bicyclic) bond motifs is 1. The predicted molar refractivity (Wildman–Crippen MR) is 76.0 cm³/mol. The van der Waals surface area contributed by atoms with Crippen LogP contribution < -0.4 is 5.32 Å². The molecule has 2 rings (SSSR count). The van der Waals surface area contributed by atoms with Crippen LogP contribution in [-0.4, -0.2) is 29.7 Å². The molecule has 4 heteroatoms. The van der Waals surface area contributed by atoms with E-state index in [2.05, 4.69) is 22.2 Å². The standard InChI is InChI=1S/C15H25N3O/c1-3-7-16-9-12-5-6-14-13(8-12)10-17-15(18-14)11-19-4-2/h10,12,16H,3-9,11H2,1-2H3. The number of ether oxygens (including phenoxy) is 1. The Labute approximate surface area is 116 Å². The highest BCUT2D eigenvalue weighted by atomic mass is 16.5. The second-order valence-electron chi connectivity index (χ2n) is 5.21. The quantitative estimate of drug-likeness (QED) is 0.765. The Morgan fingerprint density at radius 1 is 1.42 bits per heavy atom. The Kier molecular flexibility index (Phi) is 5.73. The van der Waals surface area contributed by atoms with E-state index in [0.29, 0.717) is 13.2 Å². The molecule has 1 aliphatic rings. The first-order valence-corrected chi connectivity index (χ1v) is 7.45. The van der Waals surface area contributed by atoms with Gasteiger partial charge in [0.1, 0.15) is 6.61 Å². The van der Waals surface area contributed by atoms with E-state index in [0.717, 1.165) is 37.7 Å². The van der Waals surface area contributed by atoms with Gasteiger partial charge in [0.25, 0.3) is 0 Å². The molecular weight excluding hydrogens is 238 g/mol. The first-order valence-electron chi connectivity index (χ1n) is 7.45. The van der Waals surface area contributed by atoms with Crippen LogP contribution in [0.5, 0.6) is 0 Å². The third-order valence-electron chi connectivity index (χ3n) is 3.60. The molecule has 1 unspecified atom stereocenters. The lowest BCUT2D eigenvalue weighted by Gasteiger charge is -2.24. The number of hydrogen-bond acceptors (Lipinski definition) is 4. The molecule has 1 aliphatic carbocycles. The molecule has 0 saturated heterocycles. The zero-order chi connectivity index (χ0) is 13.5. The predicted octanol–water partition coefficient (Wildman–Crippen LogP) is 2.12. The fourth-order valence-electron chi connectivity index (χ4n) is 2.54. The highest BCUT2D eigenvalue weighted by Crippen LogP contribution is 2.23. The van der Waals surface area contributed by atoms with Gasteiger partial charge in [0.15, 0.2) is 5.82 Å². The van der Waals surface area contributed by atoms with Gasteiger partial charge in [0.05, 0.1) is 0 Å². The number of nitrogens with zero attached hydrogens (tertiary/aromatic N) is 2. The Bertz CT molecular complexity index is 395. The van der Waals surface area contributed by atoms with Crippen molar-refractivity contribution in [3.05, 3.63) is 23.3 Å². The molecule has 19 heavy (non-hydrogen) atoms. The molecule has 1 heterocycles. The lowest BCUT2D eigenvalue weighted by molar-refractivity contribution is 0.128. The summed E-state index contributed by atoms with van der Waals surface area (Å²) in [4.78, 5) is 9.03. The normalized spacial score (nSPS) is 18.3. The van der Waals surface area contributed by atoms with Crippen molar-refractivity contribution < 1.29 is 4.74 Å². The smallest absolute Gasteiger partial charge is 0.154 e. The fraction of sp³-hybridized carbons (Fsp3) is 0.733. The molecular formula is C15H25N3O. The third kappa shape index (κ3) is 4.25. The summed E-state index contributed by atoms with van der Waals surface area (Å²) in [7, 11) is 0. The molecule has 0 spiro atoms. The van der Waals surface area contributed by atoms with E-state index in [9.17, 15) is 0 Å². The Morgan fingerprint density at radius 3 is 3.11 bits per heavy atom. The van der Waals surface area contributed by atoms with E-state index < -0.39 is 0 Å². The molecule has 0 amide bonds. The topological polar surface area (TPSA) is 47.0 Å². The van der Waals surface area contributed by atoms with Gasteiger partial charge in [0.2, 0.25) is 0 Å². The second-order valence-corrected chi connectivity index (χ2v) is 5.21. The van der Waals surface area contributed by atoms with Crippen LogP contribution in [0.15, 0.2) is 6.20 Å². The summed E-state index contributed by atoms with van der Waals surface area (Å²) in [5.41, 5.74) is 2.56. The molecule has 0 radical (unpaired) electrons. The minimum atomic E-state index is 0.533. The van der Waals surface area contributed by atoms with Crippen LogP contribution in [0.4, 0.5) is 0 Å². The van der Waals surface area contributed by atoms with Crippen LogP contribution in [0, 0.1) is 5.92 Å². The summed E-state index contributed by atoms with van der Waals surface area (Å²) in [6.07, 6.45) is 6.63. The van der Waals surface area contributed by atoms with Crippen molar-refractivity contribution in [3.63, 3.8) is 0 Å². The van der Waals surface area contributed by atoms with Gasteiger partial charge < -0.3 is 10.1 Å². The lowest BCUT2D eigenvalue weighted by atomic mass is 9.87. The summed E-state index contributed by atoms with van der Waals surface area (Å²) in [5.74, 6) is 1.56. The minimum absolute atomic E-state index is 0.533. The van der Waals surface area contributed by atoms with Gasteiger partial charge in [-0.3, -0.25) is 0 Å². The molecule has 1 atom stereocenters. The van der Waals surface area contributed by atoms with Crippen molar-refractivity contribution in [2.24, 2.45) is 5.92 Å². The molecule has 106 valence electrons. The van der Waals surface area contributed by atoms with Crippen molar-refractivity contribution in [1.82, 2.24) is 15.3 Å². The maximum absolute atomic E-state index is 5.36. The fourth-order valence-corrected chi connectivity index (χ4v) is 2.54. The molecule has 1 N–H and O–H groups in total. The van der Waals surface area contributed by atoms with E-state index in [1.165, 1.54) is 24.1 Å². The molecule has 0 aliphatic heterocycles. The molecule has 1 aromatic rings. The minimum Gasteiger partial charge on any atom is -0.374 e. The average Bonchev–Trinajstić information content (AvgIpc) is 2.45. The van der Waals surface area contributed by atoms with Gasteiger partial charge in [-0.15, -0.1) is 0 Å². The number of nitrogens with one attached hydrogen (secondary N) is 1. The first-order chi connectivity index (χ1) is 9.33. The van der Waals surface area contributed by atoms with Gasteiger partial charge in [-0.05, 0) is 57.2 Å². The summed E-state index contributed by atoms with van der Waals surface area (Å²) < 4.78 is 5.36. The summed E-state index contributed by atoms with van der Waals surface area (Å²) in [6, 6.07) is 0. The van der Waals surface area contributed by atoms with Gasteiger partial charge in [-0.25, -0.2) is 9.97 Å². The van der Waals surface area contributed by atoms with Gasteiger partial charge in [-0.2, -0.15) is 0 Å². The van der Waals surface area contributed by atoms with Crippen LogP contribution in [0.2, 0.25) is 0 Å². The number of aromatic nitrogens is 2. The SMILES string of the molecule is CCCNCC1CCc2nc(COCC)ncc2C1. The van der Waals surface area contributed by atoms with Crippen molar-refractivity contribution >= 4 is 0 Å². The van der Waals surface area contributed by atoms with Crippen molar-refractivity contribution in [2.75, 3.05) is 19.7 Å². The van der Waals surface area contributed by atoms with Crippen LogP contribution in [0.25, 0.3) is 0 Å². The Morgan fingerprint density at radius 2 is 2.32 bits per heavy atom. The number of hydrogen-bond donors (Lipinski definition) is 1. The average molecular weight is 263 g/mol. The monoisotopic (exact) mass is 263 g/mol. The molecule has 0 saturated carbocycles. The molecule has 0 aromatic carbocycles. The zero-order valence-corrected chi connectivity index (χ0v) is 12.1. The van der Waals surface area contributed by atoms with Crippen molar-refractivity contribution in [3.8, 4) is 0 Å². The van der Waals surface area contributed by atoms with Crippen LogP contribution in [0.1, 0.15) is 43.8 Å². The summed E-state index contributed by atoms with van der Waals surface area (Å²) in [5, 5.41) is 3.51. The van der Waals surface area contributed by atoms with E-state index in [1.54, 1.807) is 0 Å². The van der Waals surface area contributed by atoms with Gasteiger partial charge in [0, 0.05) is 18.5 Å². The Balaban J connectivity index is 1.90. The summed E-state index contributed by atoms with van der Waals surface area (Å²) in [6.45, 7) is 7.68. The second kappa shape index (κ2) is 7.56. The van der Waals surface area contributed by atoms with Crippen LogP contribution >= 0.6 is 0 Å². The molecule has 4 nitrogen and oxygen atoms in total. The molecule has 0 bridgehead atoms. The maximum atomic E-state index is 5.36.